The Balaban J connectivity index is 1.57. The number of fused-ring (bicyclic) bond motifs is 2. The van der Waals surface area contributed by atoms with E-state index in [-0.39, 0.29) is 34.8 Å². The van der Waals surface area contributed by atoms with Gasteiger partial charge in [-0.15, -0.1) is 0 Å². The Morgan fingerprint density at radius 2 is 1.85 bits per heavy atom. The molecule has 0 saturated heterocycles. The molecule has 0 radical (unpaired) electrons. The number of carbonyl (C=O) groups is 1. The Bertz CT molecular complexity index is 1770. The maximum Gasteiger partial charge on any atom is 0.344 e. The topological polar surface area (TPSA) is 105 Å². The third-order valence-corrected chi connectivity index (χ3v) is 6.26. The van der Waals surface area contributed by atoms with Crippen LogP contribution in [0.4, 0.5) is 0 Å². The molecule has 0 aliphatic rings. The highest BCUT2D eigenvalue weighted by Gasteiger charge is 2.18. The summed E-state index contributed by atoms with van der Waals surface area (Å²) in [6.45, 7) is 1.58. The molecule has 0 spiro atoms. The molecule has 0 fully saturated rings. The molecule has 11 heteroatoms. The van der Waals surface area contributed by atoms with Crippen LogP contribution in [0.15, 0.2) is 75.0 Å². The summed E-state index contributed by atoms with van der Waals surface area (Å²) in [6, 6.07) is 17.2. The first-order chi connectivity index (χ1) is 18.9. The van der Waals surface area contributed by atoms with Gasteiger partial charge >= 0.3 is 5.97 Å². The maximum absolute atomic E-state index is 13.5. The average Bonchev–Trinajstić information content (AvgIpc) is 3.36. The highest BCUT2D eigenvalue weighted by atomic mass is 35.5. The molecule has 2 aromatic heterocycles. The molecule has 5 rings (SSSR count). The molecule has 0 atom stereocenters. The largest absolute Gasteiger partial charge is 0.496 e. The van der Waals surface area contributed by atoms with Crippen LogP contribution in [-0.2, 0) is 9.53 Å². The highest BCUT2D eigenvalue weighted by Crippen LogP contribution is 2.35. The van der Waals surface area contributed by atoms with E-state index in [0.717, 1.165) is 10.1 Å². The van der Waals surface area contributed by atoms with Crippen LogP contribution in [0.1, 0.15) is 12.5 Å². The number of esters is 1. The van der Waals surface area contributed by atoms with E-state index in [2.05, 4.69) is 10.1 Å². The van der Waals surface area contributed by atoms with Crippen molar-refractivity contribution in [2.24, 2.45) is 5.10 Å². The van der Waals surface area contributed by atoms with Crippen LogP contribution in [0.2, 0.25) is 10.0 Å². The molecule has 0 aliphatic heterocycles. The fourth-order valence-electron chi connectivity index (χ4n) is 3.96. The summed E-state index contributed by atoms with van der Waals surface area (Å²) in [5.41, 5.74) is 1.14. The second-order valence-corrected chi connectivity index (χ2v) is 9.02. The van der Waals surface area contributed by atoms with Crippen molar-refractivity contribution in [3.8, 4) is 23.1 Å². The summed E-state index contributed by atoms with van der Waals surface area (Å²) in [7, 11) is 1.57. The zero-order valence-electron chi connectivity index (χ0n) is 20.8. The molecule has 0 unspecified atom stereocenters. The highest BCUT2D eigenvalue weighted by molar-refractivity contribution is 6.37. The second-order valence-electron chi connectivity index (χ2n) is 8.20. The molecule has 3 aromatic carbocycles. The van der Waals surface area contributed by atoms with Gasteiger partial charge in [0.15, 0.2) is 18.1 Å². The number of halogens is 2. The van der Waals surface area contributed by atoms with Crippen LogP contribution in [0.3, 0.4) is 0 Å². The lowest BCUT2D eigenvalue weighted by molar-refractivity contribution is -0.145. The summed E-state index contributed by atoms with van der Waals surface area (Å²) >= 11 is 12.7. The zero-order valence-corrected chi connectivity index (χ0v) is 22.3. The van der Waals surface area contributed by atoms with Gasteiger partial charge in [-0.2, -0.15) is 9.78 Å². The molecule has 0 saturated carbocycles. The Morgan fingerprint density at radius 3 is 2.59 bits per heavy atom. The third kappa shape index (κ3) is 5.32. The molecule has 39 heavy (non-hydrogen) atoms. The van der Waals surface area contributed by atoms with Gasteiger partial charge in [0, 0.05) is 0 Å². The summed E-state index contributed by atoms with van der Waals surface area (Å²) < 4.78 is 22.9. The van der Waals surface area contributed by atoms with Gasteiger partial charge in [0.25, 0.3) is 5.56 Å². The predicted octanol–water partition coefficient (Wildman–Crippen LogP) is 5.95. The number of para-hydroxylation sites is 1. The van der Waals surface area contributed by atoms with Crippen molar-refractivity contribution < 1.29 is 23.4 Å². The summed E-state index contributed by atoms with van der Waals surface area (Å²) in [6.07, 6.45) is 1.41. The molecule has 198 valence electrons. The Morgan fingerprint density at radius 1 is 1.08 bits per heavy atom. The number of hydrogen-bond donors (Lipinski definition) is 0. The fraction of sp³-hybridized carbons (Fsp3) is 0.143. The predicted molar refractivity (Wildman–Crippen MR) is 149 cm³/mol. The minimum atomic E-state index is -0.547. The number of aromatic nitrogens is 2. The van der Waals surface area contributed by atoms with E-state index >= 15 is 0 Å². The smallest absolute Gasteiger partial charge is 0.344 e. The van der Waals surface area contributed by atoms with Crippen LogP contribution < -0.4 is 15.0 Å². The first-order valence-corrected chi connectivity index (χ1v) is 12.6. The minimum Gasteiger partial charge on any atom is -0.496 e. The van der Waals surface area contributed by atoms with Gasteiger partial charge < -0.3 is 18.6 Å². The van der Waals surface area contributed by atoms with Crippen molar-refractivity contribution in [3.05, 3.63) is 86.6 Å². The monoisotopic (exact) mass is 565 g/mol. The van der Waals surface area contributed by atoms with Crippen molar-refractivity contribution in [3.63, 3.8) is 0 Å². The van der Waals surface area contributed by atoms with E-state index in [1.807, 2.05) is 6.07 Å². The molecule has 0 N–H and O–H groups in total. The molecule has 0 amide bonds. The third-order valence-electron chi connectivity index (χ3n) is 5.70. The number of rotatable bonds is 8. The van der Waals surface area contributed by atoms with Crippen LogP contribution in [0.25, 0.3) is 33.5 Å². The molecule has 2 heterocycles. The first-order valence-electron chi connectivity index (χ1n) is 11.8. The molecular weight excluding hydrogens is 545 g/mol. The van der Waals surface area contributed by atoms with E-state index in [1.165, 1.54) is 6.21 Å². The van der Waals surface area contributed by atoms with Crippen LogP contribution >= 0.6 is 23.2 Å². The minimum absolute atomic E-state index is 0.130. The van der Waals surface area contributed by atoms with Crippen molar-refractivity contribution in [1.82, 2.24) is 9.66 Å². The number of nitrogens with zero attached hydrogens (tertiary/aromatic N) is 3. The van der Waals surface area contributed by atoms with Crippen LogP contribution in [-0.4, -0.2) is 42.2 Å². The van der Waals surface area contributed by atoms with E-state index < -0.39 is 11.5 Å². The second kappa shape index (κ2) is 11.2. The lowest BCUT2D eigenvalue weighted by Crippen LogP contribution is -2.20. The van der Waals surface area contributed by atoms with Crippen LogP contribution in [0.5, 0.6) is 11.5 Å². The molecule has 9 nitrogen and oxygen atoms in total. The number of ether oxygens (including phenoxy) is 3. The Kier molecular flexibility index (Phi) is 7.53. The summed E-state index contributed by atoms with van der Waals surface area (Å²) in [4.78, 5) is 29.8. The number of methoxy groups -OCH3 is 1. The number of benzene rings is 3. The SMILES string of the molecule is CCOC(=O)COc1c(Cl)cc(C=Nn2c(-c3cc4c(OC)cccc4o3)nc3ccccc3c2=O)cc1Cl. The van der Waals surface area contributed by atoms with E-state index in [4.69, 9.17) is 41.8 Å². The van der Waals surface area contributed by atoms with E-state index in [1.54, 1.807) is 68.6 Å². The lowest BCUT2D eigenvalue weighted by atomic mass is 10.2. The molecule has 5 aromatic rings. The number of carbonyl (C=O) groups excluding carboxylic acids is 1. The number of hydrogen-bond acceptors (Lipinski definition) is 8. The van der Waals surface area contributed by atoms with Crippen LogP contribution in [0, 0.1) is 0 Å². The average molecular weight is 566 g/mol. The molecular formula is C28H21Cl2N3O6. The van der Waals surface area contributed by atoms with Gasteiger partial charge in [-0.3, -0.25) is 4.79 Å². The van der Waals surface area contributed by atoms with E-state index in [9.17, 15) is 9.59 Å². The van der Waals surface area contributed by atoms with Gasteiger partial charge in [0.1, 0.15) is 11.3 Å². The molecule has 0 aliphatic carbocycles. The first kappa shape index (κ1) is 26.3. The molecule has 0 bridgehead atoms. The fourth-order valence-corrected chi connectivity index (χ4v) is 4.58. The van der Waals surface area contributed by atoms with Crippen molar-refractivity contribution in [1.29, 1.82) is 0 Å². The van der Waals surface area contributed by atoms with Gasteiger partial charge in [0.2, 0.25) is 5.82 Å². The van der Waals surface area contributed by atoms with E-state index in [0.29, 0.717) is 33.6 Å². The zero-order chi connectivity index (χ0) is 27.5. The van der Waals surface area contributed by atoms with Gasteiger partial charge in [0.05, 0.1) is 46.3 Å². The van der Waals surface area contributed by atoms with Gasteiger partial charge in [-0.1, -0.05) is 41.4 Å². The van der Waals surface area contributed by atoms with Crippen molar-refractivity contribution in [2.45, 2.75) is 6.92 Å². The van der Waals surface area contributed by atoms with Gasteiger partial charge in [-0.05, 0) is 55.0 Å². The normalized spacial score (nSPS) is 11.4. The number of furan rings is 1. The summed E-state index contributed by atoms with van der Waals surface area (Å²) in [5.74, 6) is 0.725. The van der Waals surface area contributed by atoms with Gasteiger partial charge in [-0.25, -0.2) is 9.78 Å². The standard InChI is InChI=1S/C28H21Cl2N3O6/c1-3-37-25(34)15-38-26-19(29)11-16(12-20(26)30)14-31-33-27(32-21-8-5-4-7-17(21)28(33)35)24-13-18-22(36-2)9-6-10-23(18)39-24/h4-14H,3,15H2,1-2H3. The van der Waals surface area contributed by atoms with Crippen molar-refractivity contribution in [2.75, 3.05) is 20.3 Å². The maximum atomic E-state index is 13.5. The lowest BCUT2D eigenvalue weighted by Gasteiger charge is -2.10. The quantitative estimate of drug-likeness (QED) is 0.169. The Labute approximate surface area is 232 Å². The Hall–Kier alpha value is -4.34. The van der Waals surface area contributed by atoms with Crippen molar-refractivity contribution >= 4 is 57.3 Å². The summed E-state index contributed by atoms with van der Waals surface area (Å²) in [5, 5.41) is 5.84.